The number of benzene rings is 1. The Morgan fingerprint density at radius 1 is 1.15 bits per heavy atom. The maximum Gasteiger partial charge on any atom is 0.344 e. The Kier molecular flexibility index (Phi) is 5.71. The van der Waals surface area contributed by atoms with Gasteiger partial charge in [0.1, 0.15) is 5.75 Å². The van der Waals surface area contributed by atoms with Gasteiger partial charge in [-0.3, -0.25) is 9.36 Å². The first kappa shape index (κ1) is 18.8. The Balaban J connectivity index is 1.59. The lowest BCUT2D eigenvalue weighted by Gasteiger charge is -2.09. The molecular weight excluding hydrogens is 364 g/mol. The highest BCUT2D eigenvalue weighted by Gasteiger charge is 2.19. The van der Waals surface area contributed by atoms with E-state index >= 15 is 0 Å². The summed E-state index contributed by atoms with van der Waals surface area (Å²) in [6.45, 7) is 5.09. The Labute approximate surface area is 161 Å². The van der Waals surface area contributed by atoms with Gasteiger partial charge in [-0.2, -0.15) is 0 Å². The van der Waals surface area contributed by atoms with Crippen LogP contribution in [0.1, 0.15) is 27.3 Å². The highest BCUT2D eigenvalue weighted by atomic mass is 32.1. The molecular formula is C20H20N2O4S. The minimum Gasteiger partial charge on any atom is -0.482 e. The molecule has 0 bridgehead atoms. The van der Waals surface area contributed by atoms with Gasteiger partial charge in [-0.05, 0) is 38.5 Å². The average Bonchev–Trinajstić information content (AvgIpc) is 3.26. The molecule has 0 N–H and O–H groups in total. The second-order valence-electron chi connectivity index (χ2n) is 6.07. The number of thiazole rings is 1. The quantitative estimate of drug-likeness (QED) is 0.459. The number of ether oxygens (including phenoxy) is 2. The van der Waals surface area contributed by atoms with Crippen LogP contribution in [0.4, 0.5) is 0 Å². The third-order valence-electron chi connectivity index (χ3n) is 4.15. The number of Topliss-reactive ketones (excluding diaryl/α,β-unsaturated/α-hetero) is 1. The van der Waals surface area contributed by atoms with Gasteiger partial charge < -0.3 is 9.47 Å². The SMILES string of the molecule is Cc1ccccc1OCC(=O)OCC(=O)c1cc(C)n(-c2nccs2)c1C. The number of hydrogen-bond donors (Lipinski definition) is 0. The summed E-state index contributed by atoms with van der Waals surface area (Å²) in [6.07, 6.45) is 1.72. The molecule has 0 atom stereocenters. The standard InChI is InChI=1S/C20H20N2O4S/c1-13-6-4-5-7-18(13)25-12-19(24)26-11-17(23)16-10-14(2)22(15(16)3)20-21-8-9-27-20/h4-10H,11-12H2,1-3H3. The van der Waals surface area contributed by atoms with Crippen LogP contribution in [-0.4, -0.2) is 34.5 Å². The Morgan fingerprint density at radius 2 is 1.93 bits per heavy atom. The van der Waals surface area contributed by atoms with Crippen LogP contribution in [0.3, 0.4) is 0 Å². The maximum absolute atomic E-state index is 12.5. The van der Waals surface area contributed by atoms with Gasteiger partial charge in [0, 0.05) is 28.5 Å². The van der Waals surface area contributed by atoms with Gasteiger partial charge in [0.05, 0.1) is 0 Å². The van der Waals surface area contributed by atoms with Crippen molar-refractivity contribution in [3.63, 3.8) is 0 Å². The molecule has 0 saturated carbocycles. The molecule has 1 aromatic carbocycles. The van der Waals surface area contributed by atoms with Crippen molar-refractivity contribution in [2.24, 2.45) is 0 Å². The summed E-state index contributed by atoms with van der Waals surface area (Å²) in [5.74, 6) is -0.219. The van der Waals surface area contributed by atoms with Crippen LogP contribution in [0.5, 0.6) is 5.75 Å². The summed E-state index contributed by atoms with van der Waals surface area (Å²) >= 11 is 1.49. The van der Waals surface area contributed by atoms with Crippen molar-refractivity contribution in [3.8, 4) is 10.9 Å². The van der Waals surface area contributed by atoms with Gasteiger partial charge in [-0.15, -0.1) is 11.3 Å². The zero-order valence-electron chi connectivity index (χ0n) is 15.4. The summed E-state index contributed by atoms with van der Waals surface area (Å²) in [5.41, 5.74) is 3.13. The fourth-order valence-corrected chi connectivity index (χ4v) is 3.54. The molecule has 0 aliphatic carbocycles. The van der Waals surface area contributed by atoms with Crippen LogP contribution in [0.15, 0.2) is 41.9 Å². The number of para-hydroxylation sites is 1. The maximum atomic E-state index is 12.5. The van der Waals surface area contributed by atoms with Crippen molar-refractivity contribution in [1.82, 2.24) is 9.55 Å². The monoisotopic (exact) mass is 384 g/mol. The number of aryl methyl sites for hydroxylation is 2. The minimum absolute atomic E-state index is 0.240. The molecule has 3 aromatic rings. The normalized spacial score (nSPS) is 10.6. The van der Waals surface area contributed by atoms with Crippen molar-refractivity contribution >= 4 is 23.1 Å². The van der Waals surface area contributed by atoms with Crippen LogP contribution in [0.25, 0.3) is 5.13 Å². The molecule has 140 valence electrons. The van der Waals surface area contributed by atoms with E-state index in [1.54, 1.807) is 18.3 Å². The van der Waals surface area contributed by atoms with Gasteiger partial charge in [0.2, 0.25) is 5.78 Å². The van der Waals surface area contributed by atoms with E-state index in [2.05, 4.69) is 4.98 Å². The van der Waals surface area contributed by atoms with Crippen molar-refractivity contribution < 1.29 is 19.1 Å². The lowest BCUT2D eigenvalue weighted by atomic mass is 10.1. The highest BCUT2D eigenvalue weighted by Crippen LogP contribution is 2.22. The largest absolute Gasteiger partial charge is 0.482 e. The second-order valence-corrected chi connectivity index (χ2v) is 6.95. The fourth-order valence-electron chi connectivity index (χ4n) is 2.79. The molecule has 6 nitrogen and oxygen atoms in total. The Hall–Kier alpha value is -2.93. The molecule has 2 aromatic heterocycles. The first-order valence-electron chi connectivity index (χ1n) is 8.43. The lowest BCUT2D eigenvalue weighted by molar-refractivity contribution is -0.144. The number of nitrogens with zero attached hydrogens (tertiary/aromatic N) is 2. The predicted octanol–water partition coefficient (Wildman–Crippen LogP) is 3.66. The Bertz CT molecular complexity index is 961. The van der Waals surface area contributed by atoms with E-state index in [0.717, 1.165) is 22.1 Å². The van der Waals surface area contributed by atoms with Crippen molar-refractivity contribution in [1.29, 1.82) is 0 Å². The van der Waals surface area contributed by atoms with Crippen LogP contribution in [0, 0.1) is 20.8 Å². The van der Waals surface area contributed by atoms with E-state index in [-0.39, 0.29) is 19.0 Å². The first-order valence-corrected chi connectivity index (χ1v) is 9.31. The Morgan fingerprint density at radius 3 is 2.63 bits per heavy atom. The van der Waals surface area contributed by atoms with E-state index in [0.29, 0.717) is 11.3 Å². The molecule has 0 radical (unpaired) electrons. The van der Waals surface area contributed by atoms with Crippen LogP contribution < -0.4 is 4.74 Å². The summed E-state index contributed by atoms with van der Waals surface area (Å²) in [6, 6.07) is 9.18. The number of ketones is 1. The van der Waals surface area contributed by atoms with Gasteiger partial charge in [0.15, 0.2) is 18.3 Å². The molecule has 2 heterocycles. The van der Waals surface area contributed by atoms with Gasteiger partial charge in [-0.25, -0.2) is 9.78 Å². The third-order valence-corrected chi connectivity index (χ3v) is 4.90. The number of esters is 1. The number of carbonyl (C=O) groups is 2. The average molecular weight is 384 g/mol. The highest BCUT2D eigenvalue weighted by molar-refractivity contribution is 7.12. The molecule has 3 rings (SSSR count). The van der Waals surface area contributed by atoms with Crippen molar-refractivity contribution in [2.75, 3.05) is 13.2 Å². The van der Waals surface area contributed by atoms with E-state index in [1.165, 1.54) is 11.3 Å². The predicted molar refractivity (Wildman–Crippen MR) is 103 cm³/mol. The summed E-state index contributed by atoms with van der Waals surface area (Å²) in [5, 5.41) is 2.68. The number of aromatic nitrogens is 2. The van der Waals surface area contributed by atoms with Gasteiger partial charge >= 0.3 is 5.97 Å². The lowest BCUT2D eigenvalue weighted by Crippen LogP contribution is -2.20. The molecule has 27 heavy (non-hydrogen) atoms. The first-order chi connectivity index (χ1) is 13.0. The minimum atomic E-state index is -0.583. The zero-order valence-corrected chi connectivity index (χ0v) is 16.2. The van der Waals surface area contributed by atoms with E-state index in [9.17, 15) is 9.59 Å². The molecule has 0 aliphatic rings. The third kappa shape index (κ3) is 4.25. The van der Waals surface area contributed by atoms with E-state index in [4.69, 9.17) is 9.47 Å². The van der Waals surface area contributed by atoms with Crippen molar-refractivity contribution in [3.05, 3.63) is 64.4 Å². The molecule has 0 amide bonds. The summed E-state index contributed by atoms with van der Waals surface area (Å²) in [7, 11) is 0. The van der Waals surface area contributed by atoms with Crippen molar-refractivity contribution in [2.45, 2.75) is 20.8 Å². The molecule has 0 aliphatic heterocycles. The molecule has 0 unspecified atom stereocenters. The molecule has 0 spiro atoms. The fraction of sp³-hybridized carbons (Fsp3) is 0.250. The van der Waals surface area contributed by atoms with Crippen LogP contribution in [0.2, 0.25) is 0 Å². The van der Waals surface area contributed by atoms with Gasteiger partial charge in [-0.1, -0.05) is 18.2 Å². The smallest absolute Gasteiger partial charge is 0.344 e. The van der Waals surface area contributed by atoms with Crippen LogP contribution >= 0.6 is 11.3 Å². The molecule has 0 saturated heterocycles. The number of carbonyl (C=O) groups excluding carboxylic acids is 2. The zero-order chi connectivity index (χ0) is 19.4. The van der Waals surface area contributed by atoms with Gasteiger partial charge in [0.25, 0.3) is 0 Å². The summed E-state index contributed by atoms with van der Waals surface area (Å²) in [4.78, 5) is 28.7. The van der Waals surface area contributed by atoms with E-state index in [1.807, 2.05) is 48.9 Å². The number of rotatable bonds is 7. The summed E-state index contributed by atoms with van der Waals surface area (Å²) < 4.78 is 12.4. The van der Waals surface area contributed by atoms with E-state index < -0.39 is 5.97 Å². The molecule has 0 fully saturated rings. The topological polar surface area (TPSA) is 70.4 Å². The number of hydrogen-bond acceptors (Lipinski definition) is 6. The molecule has 7 heteroatoms. The van der Waals surface area contributed by atoms with Crippen LogP contribution in [-0.2, 0) is 9.53 Å². The second kappa shape index (κ2) is 8.18.